The molecule has 2 saturated carbocycles. The predicted molar refractivity (Wildman–Crippen MR) is 41.8 cm³/mol. The minimum Gasteiger partial charge on any atom is -0.0838 e. The van der Waals surface area contributed by atoms with Gasteiger partial charge in [-0.25, -0.2) is 0 Å². The first kappa shape index (κ1) is 5.72. The van der Waals surface area contributed by atoms with Gasteiger partial charge < -0.3 is 0 Å². The van der Waals surface area contributed by atoms with Gasteiger partial charge in [-0.15, -0.1) is 0 Å². The van der Waals surface area contributed by atoms with Gasteiger partial charge in [0, 0.05) is 8.65 Å². The van der Waals surface area contributed by atoms with Crippen LogP contribution in [0.4, 0.5) is 0 Å². The molecular weight excluding hydrogens is 232 g/mol. The molecule has 0 atom stereocenters. The average Bonchev–Trinajstić information content (AvgIpc) is 2.46. The lowest BCUT2D eigenvalue weighted by Gasteiger charge is -2.10. The maximum absolute atomic E-state index is 3.73. The number of alkyl halides is 2. The fourth-order valence-electron chi connectivity index (χ4n) is 1.12. The van der Waals surface area contributed by atoms with Crippen LogP contribution in [0.5, 0.6) is 0 Å². The predicted octanol–water partition coefficient (Wildman–Crippen LogP) is 2.84. The first-order valence-corrected chi connectivity index (χ1v) is 4.63. The molecule has 0 unspecified atom stereocenters. The van der Waals surface area contributed by atoms with E-state index >= 15 is 0 Å². The molecule has 0 radical (unpaired) electrons. The van der Waals surface area contributed by atoms with Gasteiger partial charge in [-0.2, -0.15) is 0 Å². The van der Waals surface area contributed by atoms with E-state index < -0.39 is 0 Å². The summed E-state index contributed by atoms with van der Waals surface area (Å²) in [6.07, 6.45) is 5.49. The fraction of sp³-hybridized carbons (Fsp3) is 1.00. The Morgan fingerprint density at radius 2 is 1.00 bits per heavy atom. The number of hydrogen-bond acceptors (Lipinski definition) is 0. The monoisotopic (exact) mass is 238 g/mol. The Morgan fingerprint density at radius 3 is 1.12 bits per heavy atom. The molecule has 0 bridgehead atoms. The van der Waals surface area contributed by atoms with E-state index in [0.717, 1.165) is 0 Å². The molecule has 2 aliphatic rings. The Morgan fingerprint density at radius 1 is 0.750 bits per heavy atom. The first-order chi connectivity index (χ1) is 3.66. The van der Waals surface area contributed by atoms with E-state index in [1.165, 1.54) is 25.7 Å². The van der Waals surface area contributed by atoms with Crippen molar-refractivity contribution >= 4 is 31.9 Å². The minimum atomic E-state index is 0.528. The lowest BCUT2D eigenvalue weighted by molar-refractivity contribution is 0.853. The second-order valence-electron chi connectivity index (χ2n) is 2.93. The zero-order valence-corrected chi connectivity index (χ0v) is 7.76. The Bertz CT molecular complexity index is 106. The highest BCUT2D eigenvalue weighted by molar-refractivity contribution is 9.13. The summed E-state index contributed by atoms with van der Waals surface area (Å²) in [6.45, 7) is 0. The average molecular weight is 240 g/mol. The van der Waals surface area contributed by atoms with E-state index in [0.29, 0.717) is 8.65 Å². The topological polar surface area (TPSA) is 0 Å². The van der Waals surface area contributed by atoms with Crippen LogP contribution in [-0.4, -0.2) is 8.65 Å². The van der Waals surface area contributed by atoms with E-state index in [9.17, 15) is 0 Å². The van der Waals surface area contributed by atoms with Crippen molar-refractivity contribution in [2.75, 3.05) is 0 Å². The van der Waals surface area contributed by atoms with Crippen LogP contribution in [0, 0.1) is 0 Å². The normalized spacial score (nSPS) is 36.8. The molecule has 0 nitrogen and oxygen atoms in total. The van der Waals surface area contributed by atoms with Crippen molar-refractivity contribution in [1.82, 2.24) is 0 Å². The van der Waals surface area contributed by atoms with E-state index in [1.54, 1.807) is 0 Å². The van der Waals surface area contributed by atoms with E-state index in [4.69, 9.17) is 0 Å². The van der Waals surface area contributed by atoms with Crippen LogP contribution in [0.2, 0.25) is 0 Å². The molecule has 2 rings (SSSR count). The van der Waals surface area contributed by atoms with Crippen molar-refractivity contribution in [3.05, 3.63) is 0 Å². The molecular formula is C6H8Br2. The van der Waals surface area contributed by atoms with Crippen molar-refractivity contribution in [3.8, 4) is 0 Å². The highest BCUT2D eigenvalue weighted by Gasteiger charge is 2.62. The summed E-state index contributed by atoms with van der Waals surface area (Å²) in [4.78, 5) is 0. The Hall–Kier alpha value is 0.960. The first-order valence-electron chi connectivity index (χ1n) is 3.04. The fourth-order valence-corrected chi connectivity index (χ4v) is 2.31. The quantitative estimate of drug-likeness (QED) is 0.618. The van der Waals surface area contributed by atoms with Crippen molar-refractivity contribution < 1.29 is 0 Å². The Labute approximate surface area is 66.3 Å². The van der Waals surface area contributed by atoms with Crippen LogP contribution in [0.1, 0.15) is 25.7 Å². The van der Waals surface area contributed by atoms with Gasteiger partial charge in [0.15, 0.2) is 0 Å². The highest BCUT2D eigenvalue weighted by atomic mass is 79.9. The molecule has 2 fully saturated rings. The SMILES string of the molecule is BrC1(C2(Br)CC2)CC1. The summed E-state index contributed by atoms with van der Waals surface area (Å²) in [5, 5.41) is 0. The van der Waals surface area contributed by atoms with Gasteiger partial charge in [0.25, 0.3) is 0 Å². The standard InChI is InChI=1S/C6H8Br2/c7-5(1-2-5)6(8)3-4-6/h1-4H2. The van der Waals surface area contributed by atoms with Crippen molar-refractivity contribution in [3.63, 3.8) is 0 Å². The molecule has 0 aromatic rings. The Balaban J connectivity index is 2.15. The molecule has 46 valence electrons. The van der Waals surface area contributed by atoms with Gasteiger partial charge in [-0.1, -0.05) is 31.9 Å². The zero-order valence-electron chi connectivity index (χ0n) is 4.58. The van der Waals surface area contributed by atoms with E-state index in [-0.39, 0.29) is 0 Å². The smallest absolute Gasteiger partial charge is 0.0411 e. The summed E-state index contributed by atoms with van der Waals surface area (Å²) in [5.41, 5.74) is 0. The van der Waals surface area contributed by atoms with Crippen LogP contribution in [0.25, 0.3) is 0 Å². The third kappa shape index (κ3) is 0.621. The van der Waals surface area contributed by atoms with Gasteiger partial charge in [0.2, 0.25) is 0 Å². The largest absolute Gasteiger partial charge is 0.0838 e. The molecule has 0 aromatic carbocycles. The van der Waals surface area contributed by atoms with Crippen molar-refractivity contribution in [2.24, 2.45) is 0 Å². The van der Waals surface area contributed by atoms with Crippen LogP contribution in [-0.2, 0) is 0 Å². The molecule has 2 heteroatoms. The summed E-state index contributed by atoms with van der Waals surface area (Å²) >= 11 is 7.45. The summed E-state index contributed by atoms with van der Waals surface area (Å²) in [5.74, 6) is 0. The molecule has 0 spiro atoms. The number of halogens is 2. The van der Waals surface area contributed by atoms with Crippen LogP contribution < -0.4 is 0 Å². The van der Waals surface area contributed by atoms with Crippen LogP contribution >= 0.6 is 31.9 Å². The molecule has 8 heavy (non-hydrogen) atoms. The lowest BCUT2D eigenvalue weighted by Crippen LogP contribution is -2.15. The lowest BCUT2D eigenvalue weighted by atomic mass is 10.3. The minimum absolute atomic E-state index is 0.528. The third-order valence-electron chi connectivity index (χ3n) is 2.18. The van der Waals surface area contributed by atoms with Gasteiger partial charge >= 0.3 is 0 Å². The van der Waals surface area contributed by atoms with Crippen LogP contribution in [0.15, 0.2) is 0 Å². The van der Waals surface area contributed by atoms with Crippen LogP contribution in [0.3, 0.4) is 0 Å². The van der Waals surface area contributed by atoms with E-state index in [2.05, 4.69) is 31.9 Å². The second-order valence-corrected chi connectivity index (χ2v) is 5.97. The number of rotatable bonds is 1. The summed E-state index contributed by atoms with van der Waals surface area (Å²) in [7, 11) is 0. The molecule has 0 N–H and O–H groups in total. The van der Waals surface area contributed by atoms with Gasteiger partial charge in [0.1, 0.15) is 0 Å². The van der Waals surface area contributed by atoms with E-state index in [1.807, 2.05) is 0 Å². The maximum Gasteiger partial charge on any atom is 0.0411 e. The molecule has 0 aromatic heterocycles. The number of hydrogen-bond donors (Lipinski definition) is 0. The molecule has 0 aliphatic heterocycles. The molecule has 0 saturated heterocycles. The molecule has 2 aliphatic carbocycles. The van der Waals surface area contributed by atoms with Crippen molar-refractivity contribution in [2.45, 2.75) is 34.3 Å². The summed E-state index contributed by atoms with van der Waals surface area (Å²) in [6, 6.07) is 0. The maximum atomic E-state index is 3.73. The molecule has 0 heterocycles. The zero-order chi connectivity index (χ0) is 5.83. The molecule has 0 amide bonds. The highest BCUT2D eigenvalue weighted by Crippen LogP contribution is 2.67. The van der Waals surface area contributed by atoms with Crippen molar-refractivity contribution in [1.29, 1.82) is 0 Å². The van der Waals surface area contributed by atoms with Gasteiger partial charge in [-0.05, 0) is 25.7 Å². The third-order valence-corrected chi connectivity index (χ3v) is 5.82. The Kier molecular flexibility index (Phi) is 0.959. The second kappa shape index (κ2) is 1.34. The van der Waals surface area contributed by atoms with Gasteiger partial charge in [-0.3, -0.25) is 0 Å². The van der Waals surface area contributed by atoms with Gasteiger partial charge in [0.05, 0.1) is 0 Å². The summed E-state index contributed by atoms with van der Waals surface area (Å²) < 4.78 is 1.06.